The van der Waals surface area contributed by atoms with E-state index in [-0.39, 0.29) is 23.3 Å². The van der Waals surface area contributed by atoms with Crippen molar-refractivity contribution in [3.05, 3.63) is 47.0 Å². The molecular weight excluding hydrogens is 454 g/mol. The van der Waals surface area contributed by atoms with Gasteiger partial charge in [0.05, 0.1) is 16.5 Å². The van der Waals surface area contributed by atoms with Gasteiger partial charge >= 0.3 is 0 Å². The van der Waals surface area contributed by atoms with E-state index in [4.69, 9.17) is 4.74 Å². The third-order valence-corrected chi connectivity index (χ3v) is 8.50. The number of hydrogen-bond acceptors (Lipinski definition) is 5. The van der Waals surface area contributed by atoms with E-state index in [0.717, 1.165) is 16.8 Å². The molecule has 9 heteroatoms. The van der Waals surface area contributed by atoms with Crippen LogP contribution in [0.3, 0.4) is 0 Å². The Morgan fingerprint density at radius 1 is 1.18 bits per heavy atom. The predicted molar refractivity (Wildman–Crippen MR) is 131 cm³/mol. The Kier molecular flexibility index (Phi) is 6.69. The molecule has 0 bridgehead atoms. The summed E-state index contributed by atoms with van der Waals surface area (Å²) in [6.07, 6.45) is 1.04. The number of aryl methyl sites for hydroxylation is 3. The number of ether oxygens (including phenoxy) is 1. The zero-order valence-electron chi connectivity index (χ0n) is 20.0. The standard InChI is InChI=1S/C25H31N3O5S/c1-5-21-25(30)27-20-12-17(4)23(13-22(20)33-21)34(31,32)28-10-6-7-18(14-28)24(29)26-19-11-15(2)8-9-16(19)3/h8-9,11-13,18,21H,5-7,10,14H2,1-4H3,(H,26,29)(H,27,30)/t18-,21-/m0/s1. The topological polar surface area (TPSA) is 105 Å². The first-order valence-corrected chi connectivity index (χ1v) is 13.0. The zero-order chi connectivity index (χ0) is 24.6. The SMILES string of the molecule is CC[C@@H]1Oc2cc(S(=O)(=O)N3CCC[C@H](C(=O)Nc4cc(C)ccc4C)C3)c(C)cc2NC1=O. The van der Waals surface area contributed by atoms with Crippen LogP contribution in [0.25, 0.3) is 0 Å². The molecule has 0 spiro atoms. The summed E-state index contributed by atoms with van der Waals surface area (Å²) in [7, 11) is -3.86. The van der Waals surface area contributed by atoms with Gasteiger partial charge in [0.2, 0.25) is 15.9 Å². The van der Waals surface area contributed by atoms with Crippen molar-refractivity contribution in [1.29, 1.82) is 0 Å². The fourth-order valence-corrected chi connectivity index (χ4v) is 6.20. The molecule has 0 aliphatic carbocycles. The summed E-state index contributed by atoms with van der Waals surface area (Å²) in [6, 6.07) is 8.97. The van der Waals surface area contributed by atoms with Crippen LogP contribution in [0.4, 0.5) is 11.4 Å². The highest BCUT2D eigenvalue weighted by Crippen LogP contribution is 2.36. The quantitative estimate of drug-likeness (QED) is 0.671. The minimum atomic E-state index is -3.86. The number of rotatable bonds is 5. The summed E-state index contributed by atoms with van der Waals surface area (Å²) < 4.78 is 34.3. The van der Waals surface area contributed by atoms with Gasteiger partial charge in [-0.3, -0.25) is 9.59 Å². The average Bonchev–Trinajstić information content (AvgIpc) is 2.80. The van der Waals surface area contributed by atoms with Gasteiger partial charge in [0, 0.05) is 24.8 Å². The molecule has 1 fully saturated rings. The van der Waals surface area contributed by atoms with Crippen LogP contribution in [0.15, 0.2) is 35.2 Å². The van der Waals surface area contributed by atoms with Crippen LogP contribution in [0.5, 0.6) is 5.75 Å². The number of carbonyl (C=O) groups excluding carboxylic acids is 2. The lowest BCUT2D eigenvalue weighted by Gasteiger charge is -2.32. The number of sulfonamides is 1. The van der Waals surface area contributed by atoms with Gasteiger partial charge < -0.3 is 15.4 Å². The minimum absolute atomic E-state index is 0.116. The van der Waals surface area contributed by atoms with E-state index in [9.17, 15) is 18.0 Å². The molecular formula is C25H31N3O5S. The van der Waals surface area contributed by atoms with E-state index >= 15 is 0 Å². The number of anilines is 2. The van der Waals surface area contributed by atoms with E-state index in [1.165, 1.54) is 10.4 Å². The van der Waals surface area contributed by atoms with Crippen molar-refractivity contribution in [2.75, 3.05) is 23.7 Å². The van der Waals surface area contributed by atoms with Gasteiger partial charge in [0.15, 0.2) is 6.10 Å². The average molecular weight is 486 g/mol. The molecule has 2 amide bonds. The number of amides is 2. The lowest BCUT2D eigenvalue weighted by atomic mass is 9.98. The number of hydrogen-bond donors (Lipinski definition) is 2. The Hall–Kier alpha value is -2.91. The first-order valence-electron chi connectivity index (χ1n) is 11.6. The largest absolute Gasteiger partial charge is 0.478 e. The maximum Gasteiger partial charge on any atom is 0.265 e. The lowest BCUT2D eigenvalue weighted by molar-refractivity contribution is -0.123. The van der Waals surface area contributed by atoms with E-state index in [2.05, 4.69) is 10.6 Å². The summed E-state index contributed by atoms with van der Waals surface area (Å²) in [6.45, 7) is 7.88. The highest BCUT2D eigenvalue weighted by atomic mass is 32.2. The zero-order valence-corrected chi connectivity index (χ0v) is 20.8. The molecule has 2 aromatic rings. The third kappa shape index (κ3) is 4.67. The van der Waals surface area contributed by atoms with Crippen molar-refractivity contribution in [3.63, 3.8) is 0 Å². The summed E-state index contributed by atoms with van der Waals surface area (Å²) >= 11 is 0. The predicted octanol–water partition coefficient (Wildman–Crippen LogP) is 3.76. The van der Waals surface area contributed by atoms with Crippen LogP contribution >= 0.6 is 0 Å². The second kappa shape index (κ2) is 9.38. The van der Waals surface area contributed by atoms with Crippen molar-refractivity contribution in [3.8, 4) is 5.75 Å². The Bertz CT molecular complexity index is 1240. The van der Waals surface area contributed by atoms with Gasteiger partial charge in [-0.1, -0.05) is 19.1 Å². The van der Waals surface area contributed by atoms with Crippen LogP contribution < -0.4 is 15.4 Å². The monoisotopic (exact) mass is 485 g/mol. The molecule has 1 saturated heterocycles. The summed E-state index contributed by atoms with van der Waals surface area (Å²) in [5.41, 5.74) is 3.73. The van der Waals surface area contributed by atoms with Gasteiger partial charge in [-0.05, 0) is 68.9 Å². The highest BCUT2D eigenvalue weighted by molar-refractivity contribution is 7.89. The molecule has 0 saturated carbocycles. The number of piperidine rings is 1. The normalized spacial score (nSPS) is 20.8. The van der Waals surface area contributed by atoms with Crippen molar-refractivity contribution in [2.45, 2.75) is 58.0 Å². The van der Waals surface area contributed by atoms with Crippen LogP contribution in [0.1, 0.15) is 42.9 Å². The maximum atomic E-state index is 13.6. The minimum Gasteiger partial charge on any atom is -0.478 e. The second-order valence-corrected chi connectivity index (χ2v) is 11.0. The van der Waals surface area contributed by atoms with Crippen molar-refractivity contribution in [2.24, 2.45) is 5.92 Å². The van der Waals surface area contributed by atoms with Crippen molar-refractivity contribution >= 4 is 33.2 Å². The maximum absolute atomic E-state index is 13.6. The molecule has 2 heterocycles. The molecule has 0 aromatic heterocycles. The van der Waals surface area contributed by atoms with Crippen LogP contribution in [-0.4, -0.2) is 43.7 Å². The van der Waals surface area contributed by atoms with Gasteiger partial charge in [-0.25, -0.2) is 8.42 Å². The number of nitrogens with one attached hydrogen (secondary N) is 2. The van der Waals surface area contributed by atoms with E-state index < -0.39 is 22.0 Å². The van der Waals surface area contributed by atoms with E-state index in [0.29, 0.717) is 42.8 Å². The third-order valence-electron chi connectivity index (χ3n) is 6.49. The fourth-order valence-electron chi connectivity index (χ4n) is 4.45. The lowest BCUT2D eigenvalue weighted by Crippen LogP contribution is -2.44. The molecule has 182 valence electrons. The number of nitrogens with zero attached hydrogens (tertiary/aromatic N) is 1. The van der Waals surface area contributed by atoms with Gasteiger partial charge in [-0.15, -0.1) is 0 Å². The Labute approximate surface area is 200 Å². The first kappa shape index (κ1) is 24.2. The summed E-state index contributed by atoms with van der Waals surface area (Å²) in [4.78, 5) is 25.2. The van der Waals surface area contributed by atoms with Crippen LogP contribution in [-0.2, 0) is 19.6 Å². The van der Waals surface area contributed by atoms with Crippen LogP contribution in [0, 0.1) is 26.7 Å². The molecule has 0 unspecified atom stereocenters. The van der Waals surface area contributed by atoms with Gasteiger partial charge in [0.1, 0.15) is 5.75 Å². The Morgan fingerprint density at radius 3 is 2.68 bits per heavy atom. The smallest absolute Gasteiger partial charge is 0.265 e. The molecule has 2 aliphatic heterocycles. The highest BCUT2D eigenvalue weighted by Gasteiger charge is 2.36. The van der Waals surface area contributed by atoms with Crippen LogP contribution in [0.2, 0.25) is 0 Å². The van der Waals surface area contributed by atoms with Gasteiger partial charge in [0.25, 0.3) is 5.91 Å². The molecule has 2 aromatic carbocycles. The van der Waals surface area contributed by atoms with E-state index in [1.54, 1.807) is 13.0 Å². The molecule has 8 nitrogen and oxygen atoms in total. The summed E-state index contributed by atoms with van der Waals surface area (Å²) in [5, 5.41) is 5.77. The molecule has 2 aliphatic rings. The Balaban J connectivity index is 1.55. The number of fused-ring (bicyclic) bond motifs is 1. The van der Waals surface area contributed by atoms with Gasteiger partial charge in [-0.2, -0.15) is 4.31 Å². The fraction of sp³-hybridized carbons (Fsp3) is 0.440. The first-order chi connectivity index (χ1) is 16.1. The Morgan fingerprint density at radius 2 is 1.94 bits per heavy atom. The van der Waals surface area contributed by atoms with E-state index in [1.807, 2.05) is 39.0 Å². The number of benzene rings is 2. The molecule has 0 radical (unpaired) electrons. The molecule has 4 rings (SSSR count). The molecule has 34 heavy (non-hydrogen) atoms. The number of carbonyl (C=O) groups is 2. The molecule has 2 atom stereocenters. The summed E-state index contributed by atoms with van der Waals surface area (Å²) in [5.74, 6) is -0.510. The second-order valence-electron chi connectivity index (χ2n) is 9.13. The van der Waals surface area contributed by atoms with Crippen molar-refractivity contribution in [1.82, 2.24) is 4.31 Å². The van der Waals surface area contributed by atoms with Crippen molar-refractivity contribution < 1.29 is 22.7 Å². The molecule has 2 N–H and O–H groups in total.